The van der Waals surface area contributed by atoms with Gasteiger partial charge < -0.3 is 9.16 Å². The predicted molar refractivity (Wildman–Crippen MR) is 115 cm³/mol. The van der Waals surface area contributed by atoms with Crippen molar-refractivity contribution in [2.45, 2.75) is 110 Å². The average molecular weight is 399 g/mol. The Morgan fingerprint density at radius 1 is 0.778 bits per heavy atom. The van der Waals surface area contributed by atoms with E-state index in [0.717, 1.165) is 50.2 Å². The minimum absolute atomic E-state index is 0.328. The lowest BCUT2D eigenvalue weighted by atomic mass is 10.1. The molecule has 27 heavy (non-hydrogen) atoms. The molecule has 0 N–H and O–H groups in total. The molecule has 0 saturated heterocycles. The molecule has 0 heterocycles. The Bertz CT molecular complexity index is 438. The highest BCUT2D eigenvalue weighted by Gasteiger charge is 2.37. The molecule has 0 saturated carbocycles. The molecular formula is C22H42O4Si. The molecule has 0 atom stereocenters. The lowest BCUT2D eigenvalue weighted by molar-refractivity contribution is -0.136. The Morgan fingerprint density at radius 2 is 1.26 bits per heavy atom. The van der Waals surface area contributed by atoms with Crippen LogP contribution in [0.25, 0.3) is 0 Å². The van der Waals surface area contributed by atoms with Gasteiger partial charge >= 0.3 is 11.9 Å². The highest BCUT2D eigenvalue weighted by Crippen LogP contribution is 2.31. The molecule has 4 nitrogen and oxygen atoms in total. The Labute approximate surface area is 168 Å². The van der Waals surface area contributed by atoms with Gasteiger partial charge in [0.05, 0.1) is 7.11 Å². The van der Waals surface area contributed by atoms with Gasteiger partial charge in [-0.25, -0.2) is 9.59 Å². The van der Waals surface area contributed by atoms with Crippen molar-refractivity contribution in [2.24, 2.45) is 0 Å². The van der Waals surface area contributed by atoms with E-state index >= 15 is 0 Å². The fourth-order valence-corrected chi connectivity index (χ4v) is 7.83. The van der Waals surface area contributed by atoms with Gasteiger partial charge in [0, 0.05) is 11.6 Å². The zero-order valence-corrected chi connectivity index (χ0v) is 19.4. The van der Waals surface area contributed by atoms with Crippen molar-refractivity contribution in [1.29, 1.82) is 0 Å². The third-order valence-corrected chi connectivity index (χ3v) is 9.54. The van der Waals surface area contributed by atoms with E-state index in [2.05, 4.69) is 25.5 Å². The third-order valence-electron chi connectivity index (χ3n) is 5.12. The van der Waals surface area contributed by atoms with Crippen molar-refractivity contribution >= 4 is 20.3 Å². The number of carbonyl (C=O) groups is 2. The van der Waals surface area contributed by atoms with Crippen LogP contribution in [-0.2, 0) is 18.8 Å². The van der Waals surface area contributed by atoms with Crippen LogP contribution in [0.1, 0.15) is 91.9 Å². The van der Waals surface area contributed by atoms with Crippen molar-refractivity contribution < 1.29 is 18.8 Å². The minimum Gasteiger partial charge on any atom is -0.516 e. The van der Waals surface area contributed by atoms with Crippen LogP contribution in [0.4, 0.5) is 0 Å². The second-order valence-electron chi connectivity index (χ2n) is 7.65. The fraction of sp³-hybridized carbons (Fsp3) is 0.818. The third kappa shape index (κ3) is 12.1. The van der Waals surface area contributed by atoms with Crippen molar-refractivity contribution in [3.8, 4) is 0 Å². The standard InChI is InChI=1S/C22H42O4Si/c1-6-9-12-13-14-15-18-27(16-10-7-2,17-11-8-3)26-22(24)20(4)19-21(23)25-5/h19H,6-18H2,1-5H3/b20-19-. The maximum absolute atomic E-state index is 12.6. The van der Waals surface area contributed by atoms with Gasteiger partial charge in [0.25, 0.3) is 8.32 Å². The van der Waals surface area contributed by atoms with Crippen molar-refractivity contribution in [3.63, 3.8) is 0 Å². The lowest BCUT2D eigenvalue weighted by Gasteiger charge is -2.31. The highest BCUT2D eigenvalue weighted by molar-refractivity contribution is 6.75. The van der Waals surface area contributed by atoms with Crippen LogP contribution in [0.3, 0.4) is 0 Å². The molecule has 0 aromatic rings. The molecular weight excluding hydrogens is 356 g/mol. The first-order chi connectivity index (χ1) is 12.9. The molecule has 0 amide bonds. The van der Waals surface area contributed by atoms with E-state index in [9.17, 15) is 9.59 Å². The number of hydrogen-bond acceptors (Lipinski definition) is 4. The first-order valence-electron chi connectivity index (χ1n) is 10.9. The molecule has 158 valence electrons. The van der Waals surface area contributed by atoms with Crippen molar-refractivity contribution in [2.75, 3.05) is 7.11 Å². The van der Waals surface area contributed by atoms with Gasteiger partial charge in [0.1, 0.15) is 0 Å². The van der Waals surface area contributed by atoms with E-state index in [1.807, 2.05) is 0 Å². The van der Waals surface area contributed by atoms with E-state index in [-0.39, 0.29) is 5.97 Å². The first kappa shape index (κ1) is 25.9. The van der Waals surface area contributed by atoms with Crippen LogP contribution in [0.15, 0.2) is 11.6 Å². The zero-order chi connectivity index (χ0) is 20.5. The fourth-order valence-electron chi connectivity index (χ4n) is 3.33. The summed E-state index contributed by atoms with van der Waals surface area (Å²) >= 11 is 0. The second-order valence-corrected chi connectivity index (χ2v) is 11.7. The monoisotopic (exact) mass is 398 g/mol. The summed E-state index contributed by atoms with van der Waals surface area (Å²) in [7, 11) is -0.819. The number of unbranched alkanes of at least 4 members (excludes halogenated alkanes) is 7. The molecule has 0 aliphatic heterocycles. The summed E-state index contributed by atoms with van der Waals surface area (Å²) in [6.45, 7) is 8.25. The van der Waals surface area contributed by atoms with E-state index < -0.39 is 14.3 Å². The van der Waals surface area contributed by atoms with Crippen molar-refractivity contribution in [1.82, 2.24) is 0 Å². The summed E-state index contributed by atoms with van der Waals surface area (Å²) in [4.78, 5) is 24.1. The molecule has 0 aliphatic rings. The topological polar surface area (TPSA) is 52.6 Å². The Kier molecular flexibility index (Phi) is 15.3. The number of ether oxygens (including phenoxy) is 1. The van der Waals surface area contributed by atoms with Gasteiger partial charge in [0.2, 0.25) is 0 Å². The number of esters is 1. The van der Waals surface area contributed by atoms with Crippen molar-refractivity contribution in [3.05, 3.63) is 11.6 Å². The number of methoxy groups -OCH3 is 1. The minimum atomic E-state index is -2.14. The van der Waals surface area contributed by atoms with Gasteiger partial charge in [-0.2, -0.15) is 0 Å². The predicted octanol–water partition coefficient (Wildman–Crippen LogP) is 6.56. The zero-order valence-electron chi connectivity index (χ0n) is 18.4. The van der Waals surface area contributed by atoms with E-state index in [1.54, 1.807) is 6.92 Å². The first-order valence-corrected chi connectivity index (χ1v) is 13.5. The number of rotatable bonds is 16. The van der Waals surface area contributed by atoms with Crippen LogP contribution in [0, 0.1) is 0 Å². The average Bonchev–Trinajstić information content (AvgIpc) is 2.67. The summed E-state index contributed by atoms with van der Waals surface area (Å²) in [6.07, 6.45) is 13.2. The number of hydrogen-bond donors (Lipinski definition) is 0. The highest BCUT2D eigenvalue weighted by atomic mass is 28.4. The molecule has 0 fully saturated rings. The summed E-state index contributed by atoms with van der Waals surface area (Å²) in [5.41, 5.74) is 0.342. The molecule has 0 radical (unpaired) electrons. The smallest absolute Gasteiger partial charge is 0.330 e. The molecule has 0 aromatic heterocycles. The van der Waals surface area contributed by atoms with Crippen LogP contribution in [0.5, 0.6) is 0 Å². The lowest BCUT2D eigenvalue weighted by Crippen LogP contribution is -2.40. The molecule has 0 aromatic carbocycles. The SMILES string of the molecule is CCCCCCCC[Si](CCCC)(CCCC)OC(=O)/C(C)=C\C(=O)OC. The van der Waals surface area contributed by atoms with Crippen LogP contribution < -0.4 is 0 Å². The van der Waals surface area contributed by atoms with Gasteiger partial charge in [0.15, 0.2) is 0 Å². The normalized spacial score (nSPS) is 12.1. The summed E-state index contributed by atoms with van der Waals surface area (Å²) in [5.74, 6) is -0.833. The Morgan fingerprint density at radius 3 is 1.78 bits per heavy atom. The van der Waals surface area contributed by atoms with Crippen LogP contribution in [-0.4, -0.2) is 27.4 Å². The molecule has 5 heteroatoms. The second kappa shape index (κ2) is 15.9. The van der Waals surface area contributed by atoms with Crippen LogP contribution in [0.2, 0.25) is 18.1 Å². The van der Waals surface area contributed by atoms with Crippen LogP contribution >= 0.6 is 0 Å². The molecule has 0 aliphatic carbocycles. The van der Waals surface area contributed by atoms with E-state index in [1.165, 1.54) is 45.3 Å². The molecule has 0 bridgehead atoms. The van der Waals surface area contributed by atoms with Gasteiger partial charge in [-0.15, -0.1) is 0 Å². The summed E-state index contributed by atoms with van der Waals surface area (Å²) in [5, 5.41) is 0. The van der Waals surface area contributed by atoms with E-state index in [0.29, 0.717) is 5.57 Å². The summed E-state index contributed by atoms with van der Waals surface area (Å²) < 4.78 is 10.8. The molecule has 0 unspecified atom stereocenters. The molecule has 0 rings (SSSR count). The number of carbonyl (C=O) groups excluding carboxylic acids is 2. The Balaban J connectivity index is 5.06. The summed E-state index contributed by atoms with van der Waals surface area (Å²) in [6, 6.07) is 3.13. The molecule has 0 spiro atoms. The largest absolute Gasteiger partial charge is 0.516 e. The quantitative estimate of drug-likeness (QED) is 0.128. The maximum atomic E-state index is 12.6. The van der Waals surface area contributed by atoms with Gasteiger partial charge in [-0.3, -0.25) is 0 Å². The Hall–Kier alpha value is -1.10. The van der Waals surface area contributed by atoms with E-state index in [4.69, 9.17) is 4.43 Å². The maximum Gasteiger partial charge on any atom is 0.330 e. The van der Waals surface area contributed by atoms with Gasteiger partial charge in [-0.05, 0) is 25.1 Å². The van der Waals surface area contributed by atoms with Gasteiger partial charge in [-0.1, -0.05) is 85.0 Å².